The summed E-state index contributed by atoms with van der Waals surface area (Å²) in [5.74, 6) is -2.33. The molecular formula is C10H6BrClN2O4S. The number of carbonyl (C=O) groups is 2. The zero-order chi connectivity index (χ0) is 14.2. The Bertz CT molecular complexity index is 688. The van der Waals surface area contributed by atoms with Crippen LogP contribution in [-0.2, 0) is 4.79 Å². The van der Waals surface area contributed by atoms with Gasteiger partial charge in [-0.15, -0.1) is 11.3 Å². The van der Waals surface area contributed by atoms with Gasteiger partial charge >= 0.3 is 5.97 Å². The van der Waals surface area contributed by atoms with Crippen LogP contribution in [0.4, 0.5) is 0 Å². The SMILES string of the molecule is O=C(O)CNC(=O)c1nc(Cl)c2sc(Br)cc2c1O. The van der Waals surface area contributed by atoms with Crippen LogP contribution in [0.2, 0.25) is 5.15 Å². The lowest BCUT2D eigenvalue weighted by atomic mass is 10.2. The van der Waals surface area contributed by atoms with Gasteiger partial charge in [-0.3, -0.25) is 9.59 Å². The van der Waals surface area contributed by atoms with Crippen molar-refractivity contribution in [1.29, 1.82) is 0 Å². The molecule has 0 aliphatic carbocycles. The fourth-order valence-corrected chi connectivity index (χ4v) is 3.20. The first-order chi connectivity index (χ1) is 8.90. The quantitative estimate of drug-likeness (QED) is 0.724. The summed E-state index contributed by atoms with van der Waals surface area (Å²) in [5, 5.41) is 21.0. The van der Waals surface area contributed by atoms with Crippen molar-refractivity contribution in [3.8, 4) is 5.75 Å². The molecule has 0 spiro atoms. The number of hydrogen-bond acceptors (Lipinski definition) is 5. The molecule has 100 valence electrons. The van der Waals surface area contributed by atoms with Crippen molar-refractivity contribution in [2.45, 2.75) is 0 Å². The Kier molecular flexibility index (Phi) is 3.93. The topological polar surface area (TPSA) is 99.5 Å². The minimum absolute atomic E-state index is 0.0731. The Morgan fingerprint density at radius 2 is 2.21 bits per heavy atom. The number of fused-ring (bicyclic) bond motifs is 1. The number of thiophene rings is 1. The molecular weight excluding hydrogens is 360 g/mol. The number of rotatable bonds is 3. The average molecular weight is 366 g/mol. The maximum atomic E-state index is 11.7. The number of halogens is 2. The van der Waals surface area contributed by atoms with Crippen LogP contribution in [-0.4, -0.2) is 33.6 Å². The number of aromatic hydroxyl groups is 1. The number of nitrogens with zero attached hydrogens (tertiary/aromatic N) is 1. The van der Waals surface area contributed by atoms with E-state index in [0.717, 1.165) is 3.79 Å². The molecule has 0 aliphatic rings. The van der Waals surface area contributed by atoms with E-state index in [1.165, 1.54) is 11.3 Å². The smallest absolute Gasteiger partial charge is 0.322 e. The van der Waals surface area contributed by atoms with Crippen LogP contribution in [0.5, 0.6) is 5.75 Å². The Balaban J connectivity index is 2.46. The van der Waals surface area contributed by atoms with Gasteiger partial charge in [0.2, 0.25) is 0 Å². The van der Waals surface area contributed by atoms with E-state index in [9.17, 15) is 14.7 Å². The fraction of sp³-hybridized carbons (Fsp3) is 0.100. The van der Waals surface area contributed by atoms with Crippen molar-refractivity contribution >= 4 is 60.8 Å². The Morgan fingerprint density at radius 1 is 1.53 bits per heavy atom. The van der Waals surface area contributed by atoms with Gasteiger partial charge in [0.25, 0.3) is 5.91 Å². The highest BCUT2D eigenvalue weighted by Gasteiger charge is 2.20. The molecule has 2 heterocycles. The van der Waals surface area contributed by atoms with E-state index in [-0.39, 0.29) is 16.6 Å². The molecule has 0 aromatic carbocycles. The summed E-state index contributed by atoms with van der Waals surface area (Å²) in [6, 6.07) is 1.61. The predicted octanol–water partition coefficient (Wildman–Crippen LogP) is 2.23. The van der Waals surface area contributed by atoms with Crippen molar-refractivity contribution in [1.82, 2.24) is 10.3 Å². The van der Waals surface area contributed by atoms with Gasteiger partial charge in [0, 0.05) is 5.39 Å². The summed E-state index contributed by atoms with van der Waals surface area (Å²) in [4.78, 5) is 25.9. The average Bonchev–Trinajstić information content (AvgIpc) is 2.73. The second-order valence-electron chi connectivity index (χ2n) is 3.47. The van der Waals surface area contributed by atoms with E-state index < -0.39 is 18.4 Å². The molecule has 2 rings (SSSR count). The Labute approximate surface area is 124 Å². The summed E-state index contributed by atoms with van der Waals surface area (Å²) >= 11 is 10.4. The fourth-order valence-electron chi connectivity index (χ4n) is 1.42. The monoisotopic (exact) mass is 364 g/mol. The number of amides is 1. The van der Waals surface area contributed by atoms with Gasteiger partial charge in [0.05, 0.1) is 8.49 Å². The van der Waals surface area contributed by atoms with Gasteiger partial charge in [-0.1, -0.05) is 11.6 Å². The van der Waals surface area contributed by atoms with Crippen LogP contribution in [0, 0.1) is 0 Å². The van der Waals surface area contributed by atoms with Gasteiger partial charge < -0.3 is 15.5 Å². The van der Waals surface area contributed by atoms with Crippen molar-refractivity contribution in [2.75, 3.05) is 6.54 Å². The van der Waals surface area contributed by atoms with Crippen molar-refractivity contribution in [3.05, 3.63) is 20.7 Å². The van der Waals surface area contributed by atoms with E-state index in [1.54, 1.807) is 6.07 Å². The van der Waals surface area contributed by atoms with Crippen LogP contribution in [0.25, 0.3) is 10.1 Å². The van der Waals surface area contributed by atoms with Gasteiger partial charge in [0.15, 0.2) is 11.4 Å². The van der Waals surface area contributed by atoms with Gasteiger partial charge in [-0.25, -0.2) is 4.98 Å². The van der Waals surface area contributed by atoms with Crippen LogP contribution >= 0.6 is 38.9 Å². The van der Waals surface area contributed by atoms with E-state index in [2.05, 4.69) is 26.2 Å². The normalized spacial score (nSPS) is 10.6. The van der Waals surface area contributed by atoms with E-state index in [0.29, 0.717) is 10.1 Å². The highest BCUT2D eigenvalue weighted by molar-refractivity contribution is 9.11. The second-order valence-corrected chi connectivity index (χ2v) is 6.26. The zero-order valence-corrected chi connectivity index (χ0v) is 12.3. The first kappa shape index (κ1) is 14.0. The number of carboxylic acid groups (broad SMARTS) is 1. The first-order valence-corrected chi connectivity index (χ1v) is 6.86. The molecule has 0 bridgehead atoms. The molecule has 19 heavy (non-hydrogen) atoms. The highest BCUT2D eigenvalue weighted by Crippen LogP contribution is 2.39. The Morgan fingerprint density at radius 3 is 2.84 bits per heavy atom. The maximum absolute atomic E-state index is 11.7. The van der Waals surface area contributed by atoms with E-state index >= 15 is 0 Å². The number of aromatic nitrogens is 1. The number of carboxylic acids is 1. The minimum Gasteiger partial charge on any atom is -0.505 e. The minimum atomic E-state index is -1.20. The first-order valence-electron chi connectivity index (χ1n) is 4.87. The summed E-state index contributed by atoms with van der Waals surface area (Å²) in [7, 11) is 0. The van der Waals surface area contributed by atoms with Gasteiger partial charge in [-0.2, -0.15) is 0 Å². The van der Waals surface area contributed by atoms with Crippen molar-refractivity contribution < 1.29 is 19.8 Å². The second kappa shape index (κ2) is 5.32. The number of aliphatic carboxylic acids is 1. The highest BCUT2D eigenvalue weighted by atomic mass is 79.9. The van der Waals surface area contributed by atoms with Gasteiger partial charge in [0.1, 0.15) is 11.7 Å². The molecule has 6 nitrogen and oxygen atoms in total. The molecule has 2 aromatic rings. The lowest BCUT2D eigenvalue weighted by Gasteiger charge is -2.06. The van der Waals surface area contributed by atoms with Crippen LogP contribution in [0.15, 0.2) is 9.85 Å². The number of carbonyl (C=O) groups excluding carboxylic acids is 1. The van der Waals surface area contributed by atoms with E-state index in [4.69, 9.17) is 16.7 Å². The maximum Gasteiger partial charge on any atom is 0.322 e. The molecule has 9 heteroatoms. The molecule has 0 aliphatic heterocycles. The van der Waals surface area contributed by atoms with Crippen molar-refractivity contribution in [3.63, 3.8) is 0 Å². The third kappa shape index (κ3) is 2.80. The number of nitrogens with one attached hydrogen (secondary N) is 1. The van der Waals surface area contributed by atoms with Crippen LogP contribution < -0.4 is 5.32 Å². The van der Waals surface area contributed by atoms with Gasteiger partial charge in [-0.05, 0) is 22.0 Å². The summed E-state index contributed by atoms with van der Waals surface area (Å²) in [6.07, 6.45) is 0. The molecule has 0 fully saturated rings. The molecule has 2 aromatic heterocycles. The van der Waals surface area contributed by atoms with E-state index in [1.807, 2.05) is 0 Å². The molecule has 0 unspecified atom stereocenters. The standard InChI is InChI=1S/C10H6BrClN2O4S/c11-4-1-3-7(17)6(10(18)13-2-5(15)16)14-9(12)8(3)19-4/h1,17H,2H2,(H,13,18)(H,15,16). The summed E-state index contributed by atoms with van der Waals surface area (Å²) < 4.78 is 1.27. The third-order valence-corrected chi connectivity index (χ3v) is 4.22. The third-order valence-electron chi connectivity index (χ3n) is 2.19. The molecule has 1 amide bonds. The molecule has 0 radical (unpaired) electrons. The molecule has 0 saturated carbocycles. The van der Waals surface area contributed by atoms with Crippen LogP contribution in [0.3, 0.4) is 0 Å². The van der Waals surface area contributed by atoms with Crippen molar-refractivity contribution in [2.24, 2.45) is 0 Å². The number of pyridine rings is 1. The predicted molar refractivity (Wildman–Crippen MR) is 74.0 cm³/mol. The summed E-state index contributed by atoms with van der Waals surface area (Å²) in [6.45, 7) is -0.567. The lowest BCUT2D eigenvalue weighted by molar-refractivity contribution is -0.135. The largest absolute Gasteiger partial charge is 0.505 e. The molecule has 0 atom stereocenters. The lowest BCUT2D eigenvalue weighted by Crippen LogP contribution is -2.30. The molecule has 3 N–H and O–H groups in total. The Hall–Kier alpha value is -1.38. The zero-order valence-electron chi connectivity index (χ0n) is 9.11. The number of hydrogen-bond donors (Lipinski definition) is 3. The van der Waals surface area contributed by atoms with Crippen LogP contribution in [0.1, 0.15) is 10.5 Å². The summed E-state index contributed by atoms with van der Waals surface area (Å²) in [5.41, 5.74) is -0.302. The molecule has 0 saturated heterocycles.